The molecule has 28 heavy (non-hydrogen) atoms. The summed E-state index contributed by atoms with van der Waals surface area (Å²) in [5.41, 5.74) is 0.777. The summed E-state index contributed by atoms with van der Waals surface area (Å²) in [5.74, 6) is -0.548. The molecule has 148 valence electrons. The van der Waals surface area contributed by atoms with Gasteiger partial charge in [-0.1, -0.05) is 12.1 Å². The zero-order chi connectivity index (χ0) is 20.9. The molecule has 0 aromatic heterocycles. The first-order valence-corrected chi connectivity index (χ1v) is 9.82. The van der Waals surface area contributed by atoms with Crippen LogP contribution in [0, 0.1) is 17.0 Å². The number of carbonyl (C=O) groups is 1. The number of non-ortho nitro benzene ring substituents is 1. The Labute approximate surface area is 163 Å². The van der Waals surface area contributed by atoms with Crippen molar-refractivity contribution < 1.29 is 22.9 Å². The number of hydrogen-bond donors (Lipinski definition) is 0. The Bertz CT molecular complexity index is 1000. The minimum Gasteiger partial charge on any atom is -0.462 e. The first-order chi connectivity index (χ1) is 13.2. The van der Waals surface area contributed by atoms with Gasteiger partial charge >= 0.3 is 5.97 Å². The average Bonchev–Trinajstić information content (AvgIpc) is 2.66. The van der Waals surface area contributed by atoms with Crippen LogP contribution in [0.25, 0.3) is 0 Å². The monoisotopic (exact) mass is 404 g/mol. The van der Waals surface area contributed by atoms with Crippen LogP contribution in [-0.4, -0.2) is 32.5 Å². The molecule has 2 rings (SSSR count). The molecule has 0 bridgehead atoms. The van der Waals surface area contributed by atoms with E-state index in [0.717, 1.165) is 16.4 Å². The van der Waals surface area contributed by atoms with Crippen molar-refractivity contribution in [2.45, 2.75) is 18.7 Å². The fraction of sp³-hybridized carbons (Fsp3) is 0.211. The molecule has 0 saturated heterocycles. The smallest absolute Gasteiger partial charge is 0.338 e. The molecule has 2 aromatic rings. The van der Waals surface area contributed by atoms with Crippen LogP contribution in [0.4, 0.5) is 11.4 Å². The van der Waals surface area contributed by atoms with Crippen molar-refractivity contribution in [3.8, 4) is 0 Å². The van der Waals surface area contributed by atoms with Crippen LogP contribution in [0.3, 0.4) is 0 Å². The Balaban J connectivity index is 2.55. The van der Waals surface area contributed by atoms with E-state index in [1.807, 2.05) is 0 Å². The van der Waals surface area contributed by atoms with Gasteiger partial charge in [0.15, 0.2) is 0 Å². The number of benzene rings is 2. The molecule has 0 atom stereocenters. The van der Waals surface area contributed by atoms with E-state index in [9.17, 15) is 23.3 Å². The third-order valence-electron chi connectivity index (χ3n) is 4.00. The third kappa shape index (κ3) is 4.20. The average molecular weight is 404 g/mol. The van der Waals surface area contributed by atoms with Crippen LogP contribution in [-0.2, 0) is 14.8 Å². The summed E-state index contributed by atoms with van der Waals surface area (Å²) in [6, 6.07) is 9.30. The van der Waals surface area contributed by atoms with Gasteiger partial charge in [0.1, 0.15) is 0 Å². The lowest BCUT2D eigenvalue weighted by molar-refractivity contribution is -0.384. The maximum Gasteiger partial charge on any atom is 0.338 e. The number of rotatable bonds is 8. The highest BCUT2D eigenvalue weighted by atomic mass is 32.2. The van der Waals surface area contributed by atoms with Gasteiger partial charge in [-0.2, -0.15) is 0 Å². The van der Waals surface area contributed by atoms with Gasteiger partial charge in [0.2, 0.25) is 0 Å². The maximum atomic E-state index is 13.2. The zero-order valence-corrected chi connectivity index (χ0v) is 16.3. The maximum absolute atomic E-state index is 13.2. The summed E-state index contributed by atoms with van der Waals surface area (Å²) in [4.78, 5) is 22.2. The van der Waals surface area contributed by atoms with Crippen molar-refractivity contribution in [2.24, 2.45) is 0 Å². The predicted molar refractivity (Wildman–Crippen MR) is 105 cm³/mol. The normalized spacial score (nSPS) is 10.9. The summed E-state index contributed by atoms with van der Waals surface area (Å²) in [5, 5.41) is 10.8. The molecule has 0 unspecified atom stereocenters. The summed E-state index contributed by atoms with van der Waals surface area (Å²) in [6.07, 6.45) is 1.42. The number of anilines is 1. The third-order valence-corrected chi connectivity index (χ3v) is 5.79. The molecular formula is C19H20N2O6S. The van der Waals surface area contributed by atoms with Gasteiger partial charge in [-0.3, -0.25) is 14.4 Å². The van der Waals surface area contributed by atoms with Crippen LogP contribution in [0.5, 0.6) is 0 Å². The molecule has 2 aromatic carbocycles. The van der Waals surface area contributed by atoms with E-state index in [1.54, 1.807) is 32.0 Å². The van der Waals surface area contributed by atoms with E-state index in [4.69, 9.17) is 4.74 Å². The van der Waals surface area contributed by atoms with Crippen LogP contribution in [0.1, 0.15) is 22.8 Å². The highest BCUT2D eigenvalue weighted by Crippen LogP contribution is 2.29. The molecule has 9 heteroatoms. The van der Waals surface area contributed by atoms with Gasteiger partial charge in [0, 0.05) is 12.1 Å². The molecule has 0 heterocycles. The van der Waals surface area contributed by atoms with Crippen molar-refractivity contribution in [1.82, 2.24) is 0 Å². The van der Waals surface area contributed by atoms with E-state index >= 15 is 0 Å². The lowest BCUT2D eigenvalue weighted by atomic mass is 10.1. The number of sulfonamides is 1. The zero-order valence-electron chi connectivity index (χ0n) is 15.5. The molecule has 0 saturated carbocycles. The van der Waals surface area contributed by atoms with Crippen molar-refractivity contribution in [1.29, 1.82) is 0 Å². The molecule has 0 fully saturated rings. The molecule has 0 N–H and O–H groups in total. The number of ether oxygens (including phenoxy) is 1. The largest absolute Gasteiger partial charge is 0.462 e. The Morgan fingerprint density at radius 2 is 1.89 bits per heavy atom. The quantitative estimate of drug-likeness (QED) is 0.289. The summed E-state index contributed by atoms with van der Waals surface area (Å²) >= 11 is 0. The molecule has 0 aliphatic heterocycles. The minimum absolute atomic E-state index is 0.0492. The van der Waals surface area contributed by atoms with Crippen molar-refractivity contribution in [3.63, 3.8) is 0 Å². The van der Waals surface area contributed by atoms with Crippen molar-refractivity contribution in [3.05, 3.63) is 76.4 Å². The van der Waals surface area contributed by atoms with E-state index in [1.165, 1.54) is 18.2 Å². The van der Waals surface area contributed by atoms with E-state index in [-0.39, 0.29) is 29.3 Å². The van der Waals surface area contributed by atoms with Crippen LogP contribution >= 0.6 is 0 Å². The van der Waals surface area contributed by atoms with E-state index in [0.29, 0.717) is 11.3 Å². The highest BCUT2D eigenvalue weighted by molar-refractivity contribution is 7.92. The molecule has 0 radical (unpaired) electrons. The molecule has 0 aliphatic carbocycles. The summed E-state index contributed by atoms with van der Waals surface area (Å²) < 4.78 is 32.4. The summed E-state index contributed by atoms with van der Waals surface area (Å²) in [7, 11) is -4.05. The number of nitro groups is 1. The predicted octanol–water partition coefficient (Wildman–Crippen LogP) is 3.46. The topological polar surface area (TPSA) is 107 Å². The Hall–Kier alpha value is -3.20. The SMILES string of the molecule is C=CCN(c1cccc(C(=O)OCC)c1C)S(=O)(=O)c1ccc([N+](=O)[O-])cc1. The second kappa shape index (κ2) is 8.66. The first kappa shape index (κ1) is 21.1. The number of carbonyl (C=O) groups excluding carboxylic acids is 1. The molecular weight excluding hydrogens is 384 g/mol. The fourth-order valence-corrected chi connectivity index (χ4v) is 4.13. The van der Waals surface area contributed by atoms with Crippen LogP contribution in [0.2, 0.25) is 0 Å². The first-order valence-electron chi connectivity index (χ1n) is 8.38. The van der Waals surface area contributed by atoms with Gasteiger partial charge in [-0.05, 0) is 43.7 Å². The highest BCUT2D eigenvalue weighted by Gasteiger charge is 2.27. The number of esters is 1. The standard InChI is InChI=1S/C19H20N2O6S/c1-4-13-20(18-8-6-7-17(14(18)3)19(22)27-5-2)28(25,26)16-11-9-15(10-12-16)21(23)24/h4,6-12H,1,5,13H2,2-3H3. The van der Waals surface area contributed by atoms with E-state index in [2.05, 4.69) is 6.58 Å². The summed E-state index contributed by atoms with van der Waals surface area (Å²) in [6.45, 7) is 7.05. The molecule has 0 amide bonds. The van der Waals surface area contributed by atoms with E-state index < -0.39 is 20.9 Å². The van der Waals surface area contributed by atoms with Crippen molar-refractivity contribution >= 4 is 27.4 Å². The Morgan fingerprint density at radius 3 is 2.43 bits per heavy atom. The van der Waals surface area contributed by atoms with Gasteiger partial charge in [-0.15, -0.1) is 6.58 Å². The molecule has 8 nitrogen and oxygen atoms in total. The lowest BCUT2D eigenvalue weighted by Crippen LogP contribution is -2.32. The van der Waals surface area contributed by atoms with Gasteiger partial charge in [0.05, 0.1) is 34.2 Å². The van der Waals surface area contributed by atoms with Gasteiger partial charge in [0.25, 0.3) is 15.7 Å². The fourth-order valence-electron chi connectivity index (χ4n) is 2.63. The second-order valence-electron chi connectivity index (χ2n) is 5.75. The number of hydrogen-bond acceptors (Lipinski definition) is 6. The van der Waals surface area contributed by atoms with Crippen molar-refractivity contribution in [2.75, 3.05) is 17.5 Å². The van der Waals surface area contributed by atoms with Crippen LogP contribution < -0.4 is 4.31 Å². The minimum atomic E-state index is -4.05. The molecule has 0 spiro atoms. The molecule has 0 aliphatic rings. The van der Waals surface area contributed by atoms with Crippen LogP contribution in [0.15, 0.2) is 60.0 Å². The lowest BCUT2D eigenvalue weighted by Gasteiger charge is -2.25. The number of nitrogens with zero attached hydrogens (tertiary/aromatic N) is 2. The Morgan fingerprint density at radius 1 is 1.25 bits per heavy atom. The Kier molecular flexibility index (Phi) is 6.53. The number of nitro benzene ring substituents is 1. The van der Waals surface area contributed by atoms with Gasteiger partial charge in [-0.25, -0.2) is 13.2 Å². The second-order valence-corrected chi connectivity index (χ2v) is 7.61. The van der Waals surface area contributed by atoms with Gasteiger partial charge < -0.3 is 4.74 Å².